The van der Waals surface area contributed by atoms with E-state index in [2.05, 4.69) is 10.1 Å². The van der Waals surface area contributed by atoms with Gasteiger partial charge in [0, 0.05) is 24.9 Å². The summed E-state index contributed by atoms with van der Waals surface area (Å²) in [4.78, 5) is 28.2. The van der Waals surface area contributed by atoms with E-state index in [1.165, 1.54) is 0 Å². The van der Waals surface area contributed by atoms with Crippen molar-refractivity contribution in [2.45, 2.75) is 36.1 Å². The quantitative estimate of drug-likeness (QED) is 0.357. The molecule has 4 rings (SSSR count). The molecule has 0 spiro atoms. The Hall–Kier alpha value is -3.21. The third kappa shape index (κ3) is 5.56. The van der Waals surface area contributed by atoms with Gasteiger partial charge in [0.05, 0.1) is 21.9 Å². The van der Waals surface area contributed by atoms with E-state index in [0.717, 1.165) is 24.4 Å². The zero-order chi connectivity index (χ0) is 27.3. The number of ether oxygens (including phenoxy) is 1. The summed E-state index contributed by atoms with van der Waals surface area (Å²) >= 11 is 12.3. The molecule has 0 saturated heterocycles. The zero-order valence-corrected chi connectivity index (χ0v) is 20.2. The highest BCUT2D eigenvalue weighted by Crippen LogP contribution is 2.40. The minimum Gasteiger partial charge on any atom is -0.505 e. The van der Waals surface area contributed by atoms with Gasteiger partial charge in [-0.3, -0.25) is 9.78 Å². The molecule has 2 heterocycles. The first-order chi connectivity index (χ1) is 17.2. The Labute approximate surface area is 213 Å². The van der Waals surface area contributed by atoms with E-state index in [-0.39, 0.29) is 21.5 Å². The minimum atomic E-state index is -4.45. The number of H-pyrrole nitrogens is 1. The van der Waals surface area contributed by atoms with Crippen molar-refractivity contribution in [3.05, 3.63) is 61.0 Å². The summed E-state index contributed by atoms with van der Waals surface area (Å²) in [5, 5.41) is 12.7. The normalized spacial score (nSPS) is 15.5. The van der Waals surface area contributed by atoms with E-state index < -0.39 is 74.7 Å². The highest BCUT2D eigenvalue weighted by molar-refractivity contribution is 7.89. The molecule has 1 aliphatic rings. The van der Waals surface area contributed by atoms with Crippen molar-refractivity contribution >= 4 is 33.2 Å². The lowest BCUT2D eigenvalue weighted by Crippen LogP contribution is -2.50. The van der Waals surface area contributed by atoms with Crippen LogP contribution in [-0.2, 0) is 10.0 Å². The number of benzene rings is 1. The average molecular weight is 586 g/mol. The predicted octanol–water partition coefficient (Wildman–Crippen LogP) is 3.13. The van der Waals surface area contributed by atoms with Crippen LogP contribution in [0.25, 0.3) is 5.69 Å². The fourth-order valence-corrected chi connectivity index (χ4v) is 5.18. The second-order valence-electron chi connectivity index (χ2n) is 7.77. The van der Waals surface area contributed by atoms with Gasteiger partial charge < -0.3 is 9.84 Å². The molecule has 1 aliphatic carbocycles. The maximum atomic E-state index is 13.0. The molecule has 37 heavy (non-hydrogen) atoms. The number of halogens is 6. The van der Waals surface area contributed by atoms with Crippen molar-refractivity contribution in [3.8, 4) is 23.1 Å². The van der Waals surface area contributed by atoms with Gasteiger partial charge in [0.2, 0.25) is 15.9 Å². The second-order valence-corrected chi connectivity index (χ2v) is 10.3. The van der Waals surface area contributed by atoms with Crippen LogP contribution in [0.5, 0.6) is 17.4 Å². The number of nitrogens with one attached hydrogen (secondary N) is 2. The molecule has 3 N–H and O–H groups in total. The minimum absolute atomic E-state index is 0.228. The number of alkyl halides is 4. The van der Waals surface area contributed by atoms with Gasteiger partial charge in [-0.05, 0) is 12.1 Å². The van der Waals surface area contributed by atoms with Crippen LogP contribution in [0, 0.1) is 0 Å². The predicted molar refractivity (Wildman–Crippen MR) is 120 cm³/mol. The Bertz CT molecular complexity index is 1580. The molecule has 18 heteroatoms. The van der Waals surface area contributed by atoms with Gasteiger partial charge in [0.25, 0.3) is 17.9 Å². The molecule has 1 saturated carbocycles. The van der Waals surface area contributed by atoms with Gasteiger partial charge in [-0.2, -0.15) is 9.78 Å². The number of nitrogens with zero attached hydrogens (tertiary/aromatic N) is 3. The van der Waals surface area contributed by atoms with Gasteiger partial charge >= 0.3 is 5.69 Å². The van der Waals surface area contributed by atoms with Crippen LogP contribution in [0.1, 0.15) is 25.0 Å². The summed E-state index contributed by atoms with van der Waals surface area (Å²) in [6.07, 6.45) is -3.97. The molecular formula is C19H13Cl2F4N5O6S. The summed E-state index contributed by atoms with van der Waals surface area (Å²) in [5.74, 6) is -4.53. The molecule has 0 radical (unpaired) electrons. The van der Waals surface area contributed by atoms with Gasteiger partial charge in [-0.15, -0.1) is 0 Å². The smallest absolute Gasteiger partial charge is 0.349 e. The molecule has 11 nitrogen and oxygen atoms in total. The Morgan fingerprint density at radius 1 is 1.19 bits per heavy atom. The highest BCUT2D eigenvalue weighted by atomic mass is 35.5. The van der Waals surface area contributed by atoms with Crippen LogP contribution in [-0.4, -0.2) is 45.2 Å². The summed E-state index contributed by atoms with van der Waals surface area (Å²) < 4.78 is 85.2. The van der Waals surface area contributed by atoms with Crippen LogP contribution in [0.4, 0.5) is 17.6 Å². The number of aromatic amines is 1. The van der Waals surface area contributed by atoms with E-state index in [1.807, 2.05) is 4.72 Å². The van der Waals surface area contributed by atoms with Crippen molar-refractivity contribution in [2.24, 2.45) is 0 Å². The molecule has 198 valence electrons. The Morgan fingerprint density at radius 3 is 2.38 bits per heavy atom. The second kappa shape index (κ2) is 9.59. The van der Waals surface area contributed by atoms with Crippen molar-refractivity contribution < 1.29 is 35.8 Å². The number of hydrogen-bond donors (Lipinski definition) is 3. The molecule has 1 fully saturated rings. The van der Waals surface area contributed by atoms with Crippen molar-refractivity contribution in [1.29, 1.82) is 0 Å². The summed E-state index contributed by atoms with van der Waals surface area (Å²) in [7, 11) is -4.45. The van der Waals surface area contributed by atoms with Gasteiger partial charge in [0.15, 0.2) is 17.2 Å². The van der Waals surface area contributed by atoms with Gasteiger partial charge in [0.1, 0.15) is 4.90 Å². The van der Waals surface area contributed by atoms with E-state index >= 15 is 0 Å². The molecule has 0 amide bonds. The summed E-state index contributed by atoms with van der Waals surface area (Å²) in [5.41, 5.74) is -4.00. The number of pyridine rings is 1. The number of rotatable bonds is 7. The maximum Gasteiger partial charge on any atom is 0.349 e. The van der Waals surface area contributed by atoms with Crippen LogP contribution < -0.4 is 20.7 Å². The Balaban J connectivity index is 1.64. The first-order valence-electron chi connectivity index (χ1n) is 9.95. The van der Waals surface area contributed by atoms with Crippen LogP contribution in [0.15, 0.2) is 38.9 Å². The number of hydrogen-bond acceptors (Lipinski definition) is 8. The summed E-state index contributed by atoms with van der Waals surface area (Å²) in [6.45, 7) is 0. The number of aromatic nitrogens is 4. The lowest BCUT2D eigenvalue weighted by Gasteiger charge is -2.34. The fourth-order valence-electron chi connectivity index (χ4n) is 3.31. The molecule has 1 aromatic carbocycles. The first kappa shape index (κ1) is 26.8. The first-order valence-corrected chi connectivity index (χ1v) is 12.2. The number of aromatic hydroxyl groups is 1. The molecule has 0 atom stereocenters. The Kier molecular flexibility index (Phi) is 6.96. The van der Waals surface area contributed by atoms with E-state index in [0.29, 0.717) is 4.68 Å². The van der Waals surface area contributed by atoms with Crippen molar-refractivity contribution in [3.63, 3.8) is 0 Å². The van der Waals surface area contributed by atoms with E-state index in [9.17, 15) is 40.7 Å². The molecule has 2 aromatic heterocycles. The monoisotopic (exact) mass is 585 g/mol. The third-order valence-electron chi connectivity index (χ3n) is 5.02. The third-order valence-corrected chi connectivity index (χ3v) is 7.13. The highest BCUT2D eigenvalue weighted by Gasteiger charge is 2.47. The standard InChI is InChI=1S/C19H13Cl2F4N5O6S/c20-9-1-8(30-18(33)27-17(32)14(28-30)16(22)23)2-10(21)15(9)36-13-3-12(11(31)6-26-13)37(34,35)29-7-4-19(24,25)5-7/h1-3,6-7,16,29,31H,4-5H2,(H,27,32,33). The maximum absolute atomic E-state index is 13.0. The van der Waals surface area contributed by atoms with Crippen LogP contribution in [0.3, 0.4) is 0 Å². The molecular weight excluding hydrogens is 573 g/mol. The topological polar surface area (TPSA) is 156 Å². The van der Waals surface area contributed by atoms with Crippen molar-refractivity contribution in [2.75, 3.05) is 0 Å². The molecule has 0 bridgehead atoms. The SMILES string of the molecule is O=c1[nH]c(=O)n(-c2cc(Cl)c(Oc3cc(S(=O)(=O)NC4CC(F)(F)C4)c(O)cn3)c(Cl)c2)nc1C(F)F. The Morgan fingerprint density at radius 2 is 1.81 bits per heavy atom. The van der Waals surface area contributed by atoms with Crippen LogP contribution >= 0.6 is 23.2 Å². The molecule has 3 aromatic rings. The molecule has 0 aliphatic heterocycles. The summed E-state index contributed by atoms with van der Waals surface area (Å²) in [6, 6.07) is 1.81. The lowest BCUT2D eigenvalue weighted by atomic mass is 9.89. The van der Waals surface area contributed by atoms with Crippen molar-refractivity contribution in [1.82, 2.24) is 24.5 Å². The van der Waals surface area contributed by atoms with E-state index in [1.54, 1.807) is 4.98 Å². The number of sulfonamides is 1. The van der Waals surface area contributed by atoms with Gasteiger partial charge in [-0.1, -0.05) is 23.2 Å². The molecule has 0 unspecified atom stereocenters. The average Bonchev–Trinajstić information content (AvgIpc) is 2.75. The lowest BCUT2D eigenvalue weighted by molar-refractivity contribution is -0.0876. The zero-order valence-electron chi connectivity index (χ0n) is 17.9. The van der Waals surface area contributed by atoms with Gasteiger partial charge in [-0.25, -0.2) is 40.5 Å². The van der Waals surface area contributed by atoms with Crippen LogP contribution in [0.2, 0.25) is 10.0 Å². The largest absolute Gasteiger partial charge is 0.505 e. The fraction of sp³-hybridized carbons (Fsp3) is 0.263. The van der Waals surface area contributed by atoms with E-state index in [4.69, 9.17) is 27.9 Å².